The number of fused-ring (bicyclic) bond motifs is 3. The third-order valence-corrected chi connectivity index (χ3v) is 9.21. The summed E-state index contributed by atoms with van der Waals surface area (Å²) < 4.78 is 9.22. The highest BCUT2D eigenvalue weighted by molar-refractivity contribution is 6.07. The first kappa shape index (κ1) is 29.8. The molecule has 0 spiro atoms. The predicted octanol–water partition coefficient (Wildman–Crippen LogP) is 4.17. The minimum absolute atomic E-state index is 0.0276. The summed E-state index contributed by atoms with van der Waals surface area (Å²) in [6.07, 6.45) is 7.75. The predicted molar refractivity (Wildman–Crippen MR) is 176 cm³/mol. The third kappa shape index (κ3) is 5.44. The van der Waals surface area contributed by atoms with Crippen molar-refractivity contribution in [3.8, 4) is 11.1 Å². The van der Waals surface area contributed by atoms with E-state index < -0.39 is 11.6 Å². The van der Waals surface area contributed by atoms with Crippen LogP contribution in [0.4, 0.5) is 22.9 Å². The Morgan fingerprint density at radius 2 is 1.89 bits per heavy atom. The molecule has 0 unspecified atom stereocenters. The Balaban J connectivity index is 1.22. The van der Waals surface area contributed by atoms with Crippen LogP contribution in [0.1, 0.15) is 54.0 Å². The highest BCUT2D eigenvalue weighted by Crippen LogP contribution is 2.36. The zero-order valence-corrected chi connectivity index (χ0v) is 26.4. The van der Waals surface area contributed by atoms with Gasteiger partial charge in [-0.05, 0) is 74.1 Å². The molecule has 0 bridgehead atoms. The summed E-state index contributed by atoms with van der Waals surface area (Å²) in [5.41, 5.74) is 6.39. The summed E-state index contributed by atoms with van der Waals surface area (Å²) in [7, 11) is 1.68. The summed E-state index contributed by atoms with van der Waals surface area (Å²) >= 11 is 0. The smallest absolute Gasteiger partial charge is 0.302 e. The van der Waals surface area contributed by atoms with E-state index in [0.29, 0.717) is 54.6 Å². The van der Waals surface area contributed by atoms with Crippen LogP contribution in [0.5, 0.6) is 0 Å². The van der Waals surface area contributed by atoms with Gasteiger partial charge < -0.3 is 34.1 Å². The highest BCUT2D eigenvalue weighted by Gasteiger charge is 2.36. The molecule has 0 saturated carbocycles. The number of rotatable bonds is 7. The van der Waals surface area contributed by atoms with Gasteiger partial charge in [0.1, 0.15) is 23.8 Å². The number of hydrogen-bond donors (Lipinski definition) is 2. The van der Waals surface area contributed by atoms with E-state index in [0.717, 1.165) is 42.5 Å². The number of aryl methyl sites for hydroxylation is 2. The fraction of sp³-hybridized carbons (Fsp3) is 0.371. The Morgan fingerprint density at radius 3 is 2.63 bits per heavy atom. The van der Waals surface area contributed by atoms with Crippen LogP contribution in [0.2, 0.25) is 0 Å². The van der Waals surface area contributed by atoms with Crippen LogP contribution in [0.3, 0.4) is 0 Å². The van der Waals surface area contributed by atoms with E-state index in [2.05, 4.69) is 20.9 Å². The molecule has 238 valence electrons. The molecule has 11 nitrogen and oxygen atoms in total. The van der Waals surface area contributed by atoms with E-state index in [1.54, 1.807) is 43.4 Å². The number of carbonyl (C=O) groups excluding carboxylic acids is 2. The van der Waals surface area contributed by atoms with Gasteiger partial charge in [-0.1, -0.05) is 12.1 Å². The van der Waals surface area contributed by atoms with Gasteiger partial charge in [-0.2, -0.15) is 0 Å². The van der Waals surface area contributed by atoms with Crippen molar-refractivity contribution in [2.45, 2.75) is 58.3 Å². The van der Waals surface area contributed by atoms with Crippen LogP contribution in [0.25, 0.3) is 11.1 Å². The van der Waals surface area contributed by atoms with Crippen LogP contribution in [-0.2, 0) is 42.6 Å². The molecule has 4 aromatic rings. The molecule has 0 radical (unpaired) electrons. The van der Waals surface area contributed by atoms with Gasteiger partial charge in [-0.15, -0.1) is 0 Å². The summed E-state index contributed by atoms with van der Waals surface area (Å²) in [5, 5.41) is 13.2. The number of hydrogen-bond acceptors (Lipinski definition) is 8. The largest absolute Gasteiger partial charge is 0.461 e. The number of nitrogens with one attached hydrogen (secondary N) is 1. The van der Waals surface area contributed by atoms with Crippen molar-refractivity contribution in [2.24, 2.45) is 7.05 Å². The first-order chi connectivity index (χ1) is 22.1. The Kier molecular flexibility index (Phi) is 7.43. The molecule has 2 N–H and O–H groups in total. The molecule has 7 rings (SSSR count). The molecule has 3 aliphatic rings. The lowest BCUT2D eigenvalue weighted by Crippen LogP contribution is -2.60. The maximum absolute atomic E-state index is 14.0. The number of nitrogens with zero attached hydrogens (tertiary/aromatic N) is 5. The van der Waals surface area contributed by atoms with Gasteiger partial charge >= 0.3 is 5.97 Å². The average molecular weight is 623 g/mol. The van der Waals surface area contributed by atoms with E-state index in [1.807, 2.05) is 29.2 Å². The summed E-state index contributed by atoms with van der Waals surface area (Å²) in [6, 6.07) is 13.2. The average Bonchev–Trinajstić information content (AvgIpc) is 3.41. The first-order valence-electron chi connectivity index (χ1n) is 15.8. The third-order valence-electron chi connectivity index (χ3n) is 9.21. The lowest BCUT2D eigenvalue weighted by Gasteiger charge is -2.45. The lowest BCUT2D eigenvalue weighted by atomic mass is 9.96. The molecular formula is C35H38N6O5. The van der Waals surface area contributed by atoms with Crippen molar-refractivity contribution < 1.29 is 19.4 Å². The summed E-state index contributed by atoms with van der Waals surface area (Å²) in [5.74, 6) is 0.0105. The standard InChI is InChI=1S/C35H38N6O5/c1-22(42)46-19-27-26(8-6-10-30(27)41-14-13-40-29-9-5-4-7-23(29)16-31(40)34(41)44)24-15-28(33(43)38(3)18-24)37-32-12-11-25(17-36-32)39-20-35(2,45)21-39/h6,8,10-12,15-18,45H,4-5,7,9,13-14,19-21H2,1-3H3,(H,36,37). The molecule has 2 aliphatic heterocycles. The van der Waals surface area contributed by atoms with Gasteiger partial charge in [0.15, 0.2) is 0 Å². The molecule has 1 aliphatic carbocycles. The van der Waals surface area contributed by atoms with Crippen molar-refractivity contribution >= 4 is 34.8 Å². The number of anilines is 4. The number of aliphatic hydroxyl groups is 1. The van der Waals surface area contributed by atoms with Gasteiger partial charge in [0.25, 0.3) is 11.5 Å². The fourth-order valence-electron chi connectivity index (χ4n) is 6.98. The van der Waals surface area contributed by atoms with Crippen LogP contribution >= 0.6 is 0 Å². The molecule has 1 saturated heterocycles. The molecule has 11 heteroatoms. The van der Waals surface area contributed by atoms with Gasteiger partial charge in [0.05, 0.1) is 23.2 Å². The van der Waals surface area contributed by atoms with Crippen molar-refractivity contribution in [1.82, 2.24) is 14.1 Å². The number of ether oxygens (including phenoxy) is 1. The Bertz CT molecular complexity index is 1900. The SMILES string of the molecule is CC(=O)OCc1c(-c2cc(Nc3ccc(N4CC(C)(O)C4)cn3)c(=O)n(C)c2)cccc1N1CCn2c(cc3c2CCCC3)C1=O. The van der Waals surface area contributed by atoms with Gasteiger partial charge in [-0.3, -0.25) is 14.4 Å². The van der Waals surface area contributed by atoms with E-state index in [4.69, 9.17) is 4.74 Å². The number of pyridine rings is 2. The number of esters is 1. The van der Waals surface area contributed by atoms with Crippen LogP contribution in [0.15, 0.2) is 59.7 Å². The molecule has 5 heterocycles. The molecule has 0 atom stereocenters. The highest BCUT2D eigenvalue weighted by atomic mass is 16.5. The van der Waals surface area contributed by atoms with Crippen molar-refractivity contribution in [1.29, 1.82) is 0 Å². The maximum Gasteiger partial charge on any atom is 0.302 e. The van der Waals surface area contributed by atoms with Crippen molar-refractivity contribution in [2.75, 3.05) is 34.8 Å². The Hall–Kier alpha value is -4.90. The Morgan fingerprint density at radius 1 is 1.09 bits per heavy atom. The van der Waals surface area contributed by atoms with E-state index in [-0.39, 0.29) is 18.1 Å². The topological polar surface area (TPSA) is 122 Å². The minimum Gasteiger partial charge on any atom is -0.461 e. The van der Waals surface area contributed by atoms with E-state index in [9.17, 15) is 19.5 Å². The Labute approximate surface area is 267 Å². The van der Waals surface area contributed by atoms with E-state index >= 15 is 0 Å². The second kappa shape index (κ2) is 11.5. The summed E-state index contributed by atoms with van der Waals surface area (Å²) in [6.45, 7) is 5.41. The number of amides is 1. The fourth-order valence-corrected chi connectivity index (χ4v) is 6.98. The minimum atomic E-state index is -0.693. The monoisotopic (exact) mass is 622 g/mol. The molecule has 46 heavy (non-hydrogen) atoms. The number of aromatic nitrogens is 3. The molecule has 1 aromatic carbocycles. The number of β-amino-alcohol motifs (C(OH)–C–C–N with tert-alkyl or cyclic N) is 1. The summed E-state index contributed by atoms with van der Waals surface area (Å²) in [4.78, 5) is 47.5. The zero-order chi connectivity index (χ0) is 32.2. The second-order valence-electron chi connectivity index (χ2n) is 12.8. The van der Waals surface area contributed by atoms with Crippen LogP contribution in [-0.4, -0.2) is 56.3 Å². The number of benzene rings is 1. The van der Waals surface area contributed by atoms with Gasteiger partial charge in [0, 0.05) is 63.2 Å². The maximum atomic E-state index is 14.0. The second-order valence-corrected chi connectivity index (χ2v) is 12.8. The lowest BCUT2D eigenvalue weighted by molar-refractivity contribution is -0.142. The first-order valence-corrected chi connectivity index (χ1v) is 15.8. The number of carbonyl (C=O) groups is 2. The molecular weight excluding hydrogens is 584 g/mol. The zero-order valence-electron chi connectivity index (χ0n) is 26.4. The molecule has 3 aromatic heterocycles. The van der Waals surface area contributed by atoms with Crippen molar-refractivity contribution in [3.63, 3.8) is 0 Å². The van der Waals surface area contributed by atoms with Gasteiger partial charge in [-0.25, -0.2) is 4.98 Å². The molecule has 1 amide bonds. The van der Waals surface area contributed by atoms with E-state index in [1.165, 1.54) is 22.7 Å². The molecule has 1 fully saturated rings. The van der Waals surface area contributed by atoms with Crippen LogP contribution in [0, 0.1) is 0 Å². The van der Waals surface area contributed by atoms with Gasteiger partial charge in [0.2, 0.25) is 0 Å². The quantitative estimate of drug-likeness (QED) is 0.295. The van der Waals surface area contributed by atoms with Crippen LogP contribution < -0.4 is 20.7 Å². The normalized spacial score (nSPS) is 16.8. The van der Waals surface area contributed by atoms with Crippen molar-refractivity contribution in [3.05, 3.63) is 87.7 Å².